The predicted octanol–water partition coefficient (Wildman–Crippen LogP) is 3.93. The van der Waals surface area contributed by atoms with E-state index in [1.54, 1.807) is 0 Å². The van der Waals surface area contributed by atoms with Gasteiger partial charge < -0.3 is 14.8 Å². The zero-order valence-electron chi connectivity index (χ0n) is 12.3. The van der Waals surface area contributed by atoms with Crippen molar-refractivity contribution in [2.45, 2.75) is 32.7 Å². The molecule has 0 aromatic heterocycles. The molecule has 0 amide bonds. The summed E-state index contributed by atoms with van der Waals surface area (Å²) in [5.74, 6) is 1.56. The van der Waals surface area contributed by atoms with Crippen molar-refractivity contribution in [1.29, 1.82) is 0 Å². The summed E-state index contributed by atoms with van der Waals surface area (Å²) >= 11 is 3.70. The number of benzene rings is 1. The van der Waals surface area contributed by atoms with Gasteiger partial charge in [0.15, 0.2) is 0 Å². The summed E-state index contributed by atoms with van der Waals surface area (Å²) < 4.78 is 12.2. The van der Waals surface area contributed by atoms with E-state index in [1.807, 2.05) is 6.92 Å². The monoisotopic (exact) mass is 341 g/mol. The molecule has 0 radical (unpaired) electrons. The fraction of sp³-hybridized carbons (Fsp3) is 0.625. The van der Waals surface area contributed by atoms with Crippen molar-refractivity contribution in [2.75, 3.05) is 26.4 Å². The minimum absolute atomic E-state index is 0.383. The van der Waals surface area contributed by atoms with Crippen LogP contribution in [-0.4, -0.2) is 26.4 Å². The SMILES string of the molecule is CCNC(c1ccc(OCC)cc1Br)C1CCOCC1. The van der Waals surface area contributed by atoms with Crippen molar-refractivity contribution < 1.29 is 9.47 Å². The van der Waals surface area contributed by atoms with Gasteiger partial charge in [0, 0.05) is 23.7 Å². The third kappa shape index (κ3) is 3.96. The Morgan fingerprint density at radius 3 is 2.70 bits per heavy atom. The first-order valence-electron chi connectivity index (χ1n) is 7.49. The van der Waals surface area contributed by atoms with E-state index in [2.05, 4.69) is 46.4 Å². The van der Waals surface area contributed by atoms with Crippen LogP contribution in [-0.2, 0) is 4.74 Å². The van der Waals surface area contributed by atoms with Crippen molar-refractivity contribution in [1.82, 2.24) is 5.32 Å². The van der Waals surface area contributed by atoms with Gasteiger partial charge >= 0.3 is 0 Å². The molecular formula is C16H24BrNO2. The number of rotatable bonds is 6. The van der Waals surface area contributed by atoms with E-state index < -0.39 is 0 Å². The molecule has 1 aromatic rings. The van der Waals surface area contributed by atoms with Gasteiger partial charge in [-0.2, -0.15) is 0 Å². The molecule has 0 saturated carbocycles. The van der Waals surface area contributed by atoms with E-state index in [0.29, 0.717) is 18.6 Å². The van der Waals surface area contributed by atoms with Crippen LogP contribution in [0.4, 0.5) is 0 Å². The minimum Gasteiger partial charge on any atom is -0.494 e. The molecule has 3 nitrogen and oxygen atoms in total. The van der Waals surface area contributed by atoms with Crippen LogP contribution in [0.25, 0.3) is 0 Å². The molecule has 1 unspecified atom stereocenters. The highest BCUT2D eigenvalue weighted by Gasteiger charge is 2.26. The van der Waals surface area contributed by atoms with Gasteiger partial charge in [-0.3, -0.25) is 0 Å². The highest BCUT2D eigenvalue weighted by atomic mass is 79.9. The third-order valence-electron chi connectivity index (χ3n) is 3.78. The Kier molecular flexibility index (Phi) is 6.33. The van der Waals surface area contributed by atoms with Gasteiger partial charge in [-0.15, -0.1) is 0 Å². The summed E-state index contributed by atoms with van der Waals surface area (Å²) in [6.07, 6.45) is 2.24. The molecule has 112 valence electrons. The van der Waals surface area contributed by atoms with Gasteiger partial charge in [0.05, 0.1) is 6.61 Å². The molecule has 0 spiro atoms. The van der Waals surface area contributed by atoms with Crippen LogP contribution in [0.2, 0.25) is 0 Å². The first-order valence-corrected chi connectivity index (χ1v) is 8.29. The molecule has 1 atom stereocenters. The normalized spacial score (nSPS) is 17.9. The lowest BCUT2D eigenvalue weighted by molar-refractivity contribution is 0.0537. The van der Waals surface area contributed by atoms with Crippen LogP contribution in [0.1, 0.15) is 38.3 Å². The molecule has 1 aromatic carbocycles. The van der Waals surface area contributed by atoms with E-state index in [1.165, 1.54) is 5.56 Å². The Labute approximate surface area is 130 Å². The summed E-state index contributed by atoms with van der Waals surface area (Å²) in [6, 6.07) is 6.70. The van der Waals surface area contributed by atoms with Crippen LogP contribution in [0, 0.1) is 5.92 Å². The Bertz CT molecular complexity index is 419. The van der Waals surface area contributed by atoms with E-state index in [0.717, 1.165) is 42.8 Å². The third-order valence-corrected chi connectivity index (χ3v) is 4.47. The highest BCUT2D eigenvalue weighted by molar-refractivity contribution is 9.10. The number of halogens is 1. The fourth-order valence-electron chi connectivity index (χ4n) is 2.82. The van der Waals surface area contributed by atoms with E-state index >= 15 is 0 Å². The second-order valence-corrected chi connectivity index (χ2v) is 5.96. The zero-order chi connectivity index (χ0) is 14.4. The Morgan fingerprint density at radius 1 is 1.35 bits per heavy atom. The summed E-state index contributed by atoms with van der Waals surface area (Å²) in [5, 5.41) is 3.63. The second-order valence-electron chi connectivity index (χ2n) is 5.10. The lowest BCUT2D eigenvalue weighted by Gasteiger charge is -2.32. The Morgan fingerprint density at radius 2 is 2.10 bits per heavy atom. The molecule has 1 N–H and O–H groups in total. The second kappa shape index (κ2) is 8.01. The smallest absolute Gasteiger partial charge is 0.120 e. The van der Waals surface area contributed by atoms with Crippen LogP contribution in [0.3, 0.4) is 0 Å². The largest absolute Gasteiger partial charge is 0.494 e. The minimum atomic E-state index is 0.383. The van der Waals surface area contributed by atoms with E-state index in [-0.39, 0.29) is 0 Å². The molecule has 1 saturated heterocycles. The molecular weight excluding hydrogens is 318 g/mol. The summed E-state index contributed by atoms with van der Waals surface area (Å²) in [7, 11) is 0. The summed E-state index contributed by atoms with van der Waals surface area (Å²) in [5.41, 5.74) is 1.32. The van der Waals surface area contributed by atoms with Gasteiger partial charge in [0.1, 0.15) is 5.75 Å². The first-order chi connectivity index (χ1) is 9.76. The quantitative estimate of drug-likeness (QED) is 0.850. The summed E-state index contributed by atoms with van der Waals surface area (Å²) in [6.45, 7) is 7.59. The van der Waals surface area contributed by atoms with Crippen LogP contribution in [0.15, 0.2) is 22.7 Å². The zero-order valence-corrected chi connectivity index (χ0v) is 13.9. The Balaban J connectivity index is 2.19. The lowest BCUT2D eigenvalue weighted by atomic mass is 9.87. The van der Waals surface area contributed by atoms with Gasteiger partial charge in [0.2, 0.25) is 0 Å². The topological polar surface area (TPSA) is 30.5 Å². The van der Waals surface area contributed by atoms with Crippen LogP contribution in [0.5, 0.6) is 5.75 Å². The maximum Gasteiger partial charge on any atom is 0.120 e. The average molecular weight is 342 g/mol. The van der Waals surface area contributed by atoms with Gasteiger partial charge in [-0.05, 0) is 49.9 Å². The van der Waals surface area contributed by atoms with Crippen molar-refractivity contribution in [2.24, 2.45) is 5.92 Å². The van der Waals surface area contributed by atoms with Gasteiger partial charge in [0.25, 0.3) is 0 Å². The molecule has 1 aliphatic rings. The molecule has 0 bridgehead atoms. The fourth-order valence-corrected chi connectivity index (χ4v) is 3.42. The number of ether oxygens (including phenoxy) is 2. The van der Waals surface area contributed by atoms with Crippen LogP contribution < -0.4 is 10.1 Å². The standard InChI is InChI=1S/C16H24BrNO2/c1-3-18-16(12-7-9-19-10-8-12)14-6-5-13(20-4-2)11-15(14)17/h5-6,11-12,16,18H,3-4,7-10H2,1-2H3. The van der Waals surface area contributed by atoms with Crippen LogP contribution >= 0.6 is 15.9 Å². The number of hydrogen-bond acceptors (Lipinski definition) is 3. The van der Waals surface area contributed by atoms with Crippen molar-refractivity contribution in [3.05, 3.63) is 28.2 Å². The predicted molar refractivity (Wildman–Crippen MR) is 85.3 cm³/mol. The highest BCUT2D eigenvalue weighted by Crippen LogP contribution is 2.35. The van der Waals surface area contributed by atoms with Gasteiger partial charge in [-0.25, -0.2) is 0 Å². The summed E-state index contributed by atoms with van der Waals surface area (Å²) in [4.78, 5) is 0. The molecule has 1 fully saturated rings. The Hall–Kier alpha value is -0.580. The van der Waals surface area contributed by atoms with Crippen molar-refractivity contribution >= 4 is 15.9 Å². The molecule has 4 heteroatoms. The molecule has 20 heavy (non-hydrogen) atoms. The average Bonchev–Trinajstić information content (AvgIpc) is 2.47. The van der Waals surface area contributed by atoms with E-state index in [4.69, 9.17) is 9.47 Å². The molecule has 0 aliphatic carbocycles. The van der Waals surface area contributed by atoms with Gasteiger partial charge in [-0.1, -0.05) is 28.9 Å². The lowest BCUT2D eigenvalue weighted by Crippen LogP contribution is -2.32. The molecule has 2 rings (SSSR count). The first kappa shape index (κ1) is 15.8. The van der Waals surface area contributed by atoms with Crippen molar-refractivity contribution in [3.63, 3.8) is 0 Å². The maximum absolute atomic E-state index is 5.56. The number of nitrogens with one attached hydrogen (secondary N) is 1. The number of hydrogen-bond donors (Lipinski definition) is 1. The molecule has 1 aliphatic heterocycles. The van der Waals surface area contributed by atoms with Crippen molar-refractivity contribution in [3.8, 4) is 5.75 Å². The molecule has 1 heterocycles. The maximum atomic E-state index is 5.56. The van der Waals surface area contributed by atoms with E-state index in [9.17, 15) is 0 Å².